The Morgan fingerprint density at radius 3 is 2.48 bits per heavy atom. The molecule has 4 N–H and O–H groups in total. The Kier molecular flexibility index (Phi) is 5.74. The van der Waals surface area contributed by atoms with Gasteiger partial charge in [-0.05, 0) is 30.5 Å². The van der Waals surface area contributed by atoms with Crippen molar-refractivity contribution in [2.75, 3.05) is 18.1 Å². The summed E-state index contributed by atoms with van der Waals surface area (Å²) < 4.78 is 23.0. The van der Waals surface area contributed by atoms with Crippen molar-refractivity contribution in [3.63, 3.8) is 0 Å². The van der Waals surface area contributed by atoms with Gasteiger partial charge in [-0.3, -0.25) is 4.79 Å². The molecule has 0 saturated carbocycles. The van der Waals surface area contributed by atoms with Crippen LogP contribution >= 0.6 is 0 Å². The van der Waals surface area contributed by atoms with Crippen molar-refractivity contribution in [1.29, 1.82) is 0 Å². The maximum atomic E-state index is 12.1. The number of hydrogen-bond acceptors (Lipinski definition) is 5. The zero-order valence-electron chi connectivity index (χ0n) is 12.5. The van der Waals surface area contributed by atoms with Gasteiger partial charge in [0.25, 0.3) is 0 Å². The summed E-state index contributed by atoms with van der Waals surface area (Å²) in [6, 6.07) is 3.77. The summed E-state index contributed by atoms with van der Waals surface area (Å²) in [5.41, 5.74) is 5.67. The van der Waals surface area contributed by atoms with E-state index in [1.807, 2.05) is 13.8 Å². The molecule has 1 aromatic carbocycles. The van der Waals surface area contributed by atoms with E-state index in [0.717, 1.165) is 6.26 Å². The molecule has 1 atom stereocenters. The lowest BCUT2D eigenvalue weighted by Gasteiger charge is -2.17. The molecule has 0 radical (unpaired) electrons. The van der Waals surface area contributed by atoms with E-state index >= 15 is 0 Å². The minimum absolute atomic E-state index is 0.0313. The summed E-state index contributed by atoms with van der Waals surface area (Å²) >= 11 is 0. The Labute approximate surface area is 125 Å². The van der Waals surface area contributed by atoms with Gasteiger partial charge in [0, 0.05) is 12.8 Å². The molecule has 0 aromatic heterocycles. The van der Waals surface area contributed by atoms with Crippen molar-refractivity contribution in [3.05, 3.63) is 18.2 Å². The Balaban J connectivity index is 2.99. The van der Waals surface area contributed by atoms with E-state index in [9.17, 15) is 18.3 Å². The fourth-order valence-electron chi connectivity index (χ4n) is 1.96. The number of nitrogens with one attached hydrogen (secondary N) is 1. The molecule has 1 unspecified atom stereocenters. The SMILES string of the molecule is CC(C)CC(CN)C(=O)Nc1cc(S(C)(=O)=O)ccc1O. The summed E-state index contributed by atoms with van der Waals surface area (Å²) in [4.78, 5) is 12.2. The van der Waals surface area contributed by atoms with E-state index < -0.39 is 9.84 Å². The van der Waals surface area contributed by atoms with Gasteiger partial charge in [-0.2, -0.15) is 0 Å². The molecule has 0 aliphatic carbocycles. The number of aromatic hydroxyl groups is 1. The van der Waals surface area contributed by atoms with Gasteiger partial charge in [0.1, 0.15) is 5.75 Å². The summed E-state index contributed by atoms with van der Waals surface area (Å²) in [6.45, 7) is 4.16. The lowest BCUT2D eigenvalue weighted by Crippen LogP contribution is -2.30. The average Bonchev–Trinajstić information content (AvgIpc) is 2.36. The van der Waals surface area contributed by atoms with Crippen LogP contribution in [-0.4, -0.2) is 32.2 Å². The van der Waals surface area contributed by atoms with Crippen LogP contribution in [0.2, 0.25) is 0 Å². The van der Waals surface area contributed by atoms with Crippen LogP contribution in [0.3, 0.4) is 0 Å². The third kappa shape index (κ3) is 5.02. The number of sulfone groups is 1. The first-order valence-electron chi connectivity index (χ1n) is 6.69. The number of anilines is 1. The fourth-order valence-corrected chi connectivity index (χ4v) is 2.61. The van der Waals surface area contributed by atoms with Crippen molar-refractivity contribution in [2.45, 2.75) is 25.2 Å². The monoisotopic (exact) mass is 314 g/mol. The highest BCUT2D eigenvalue weighted by atomic mass is 32.2. The quantitative estimate of drug-likeness (QED) is 0.687. The highest BCUT2D eigenvalue weighted by Crippen LogP contribution is 2.27. The van der Waals surface area contributed by atoms with Crippen LogP contribution in [0.25, 0.3) is 0 Å². The standard InChI is InChI=1S/C14H22N2O4S/c1-9(2)6-10(8-15)14(18)16-12-7-11(21(3,19)20)4-5-13(12)17/h4-5,7,9-10,17H,6,8,15H2,1-3H3,(H,16,18). The maximum absolute atomic E-state index is 12.1. The summed E-state index contributed by atoms with van der Waals surface area (Å²) in [5.74, 6) is -0.588. The molecule has 6 nitrogen and oxygen atoms in total. The minimum atomic E-state index is -3.41. The zero-order chi connectivity index (χ0) is 16.2. The van der Waals surface area contributed by atoms with Crippen molar-refractivity contribution in [3.8, 4) is 5.75 Å². The molecule has 1 aromatic rings. The normalized spacial score (nSPS) is 13.2. The number of phenols is 1. The Bertz CT molecular complexity index is 611. The molecule has 1 rings (SSSR count). The summed E-state index contributed by atoms with van der Waals surface area (Å²) in [7, 11) is -3.41. The number of benzene rings is 1. The predicted molar refractivity (Wildman–Crippen MR) is 81.8 cm³/mol. The molecule has 0 aliphatic heterocycles. The third-order valence-electron chi connectivity index (χ3n) is 3.07. The van der Waals surface area contributed by atoms with Gasteiger partial charge in [0.15, 0.2) is 9.84 Å². The number of amides is 1. The highest BCUT2D eigenvalue weighted by Gasteiger charge is 2.20. The molecule has 0 spiro atoms. The first-order valence-corrected chi connectivity index (χ1v) is 8.58. The van der Waals surface area contributed by atoms with Gasteiger partial charge in [-0.15, -0.1) is 0 Å². The summed E-state index contributed by atoms with van der Waals surface area (Å²) in [6.07, 6.45) is 1.68. The van der Waals surface area contributed by atoms with Crippen molar-refractivity contribution in [1.82, 2.24) is 0 Å². The molecule has 0 bridgehead atoms. The molecular formula is C14H22N2O4S. The number of phenolic OH excluding ortho intramolecular Hbond substituents is 1. The van der Waals surface area contributed by atoms with Gasteiger partial charge in [0.05, 0.1) is 16.5 Å². The molecule has 7 heteroatoms. The third-order valence-corrected chi connectivity index (χ3v) is 4.18. The average molecular weight is 314 g/mol. The van der Waals surface area contributed by atoms with E-state index in [1.165, 1.54) is 18.2 Å². The van der Waals surface area contributed by atoms with Crippen molar-refractivity contribution >= 4 is 21.4 Å². The van der Waals surface area contributed by atoms with Crippen LogP contribution in [0.4, 0.5) is 5.69 Å². The van der Waals surface area contributed by atoms with Gasteiger partial charge in [-0.25, -0.2) is 8.42 Å². The number of hydrogen-bond donors (Lipinski definition) is 3. The van der Waals surface area contributed by atoms with Gasteiger partial charge < -0.3 is 16.2 Å². The van der Waals surface area contributed by atoms with E-state index in [2.05, 4.69) is 5.32 Å². The second-order valence-corrected chi connectivity index (χ2v) is 7.52. The minimum Gasteiger partial charge on any atom is -0.506 e. The Morgan fingerprint density at radius 2 is 2.00 bits per heavy atom. The second kappa shape index (κ2) is 6.91. The van der Waals surface area contributed by atoms with Crippen LogP contribution in [0.1, 0.15) is 20.3 Å². The van der Waals surface area contributed by atoms with Crippen LogP contribution in [0, 0.1) is 11.8 Å². The van der Waals surface area contributed by atoms with Crippen LogP contribution in [0.15, 0.2) is 23.1 Å². The van der Waals surface area contributed by atoms with Crippen molar-refractivity contribution in [2.24, 2.45) is 17.6 Å². The number of rotatable bonds is 6. The molecule has 118 valence electrons. The molecule has 0 aliphatic rings. The lowest BCUT2D eigenvalue weighted by molar-refractivity contribution is -0.120. The van der Waals surface area contributed by atoms with Gasteiger partial charge in [-0.1, -0.05) is 13.8 Å². The summed E-state index contributed by atoms with van der Waals surface area (Å²) in [5, 5.41) is 12.3. The first-order chi connectivity index (χ1) is 9.65. The maximum Gasteiger partial charge on any atom is 0.228 e. The molecule has 0 fully saturated rings. The van der Waals surface area contributed by atoms with Crippen LogP contribution in [-0.2, 0) is 14.6 Å². The van der Waals surface area contributed by atoms with E-state index in [-0.39, 0.29) is 34.7 Å². The lowest BCUT2D eigenvalue weighted by atomic mass is 9.96. The number of nitrogens with two attached hydrogens (primary N) is 1. The van der Waals surface area contributed by atoms with Crippen molar-refractivity contribution < 1.29 is 18.3 Å². The van der Waals surface area contributed by atoms with E-state index in [4.69, 9.17) is 5.73 Å². The van der Waals surface area contributed by atoms with Gasteiger partial charge >= 0.3 is 0 Å². The highest BCUT2D eigenvalue weighted by molar-refractivity contribution is 7.90. The van der Waals surface area contributed by atoms with Crippen LogP contribution in [0.5, 0.6) is 5.75 Å². The second-order valence-electron chi connectivity index (χ2n) is 5.50. The smallest absolute Gasteiger partial charge is 0.228 e. The first kappa shape index (κ1) is 17.5. The van der Waals surface area contributed by atoms with E-state index in [0.29, 0.717) is 12.3 Å². The number of carbonyl (C=O) groups excluding carboxylic acids is 1. The molecular weight excluding hydrogens is 292 g/mol. The number of carbonyl (C=O) groups is 1. The van der Waals surface area contributed by atoms with Crippen LogP contribution < -0.4 is 11.1 Å². The largest absolute Gasteiger partial charge is 0.506 e. The zero-order valence-corrected chi connectivity index (χ0v) is 13.3. The molecule has 21 heavy (non-hydrogen) atoms. The molecule has 1 amide bonds. The van der Waals surface area contributed by atoms with Gasteiger partial charge in [0.2, 0.25) is 5.91 Å². The Morgan fingerprint density at radius 1 is 1.38 bits per heavy atom. The Hall–Kier alpha value is -1.60. The fraction of sp³-hybridized carbons (Fsp3) is 0.500. The molecule has 0 heterocycles. The van der Waals surface area contributed by atoms with E-state index in [1.54, 1.807) is 0 Å². The predicted octanol–water partition coefficient (Wildman–Crippen LogP) is 1.36. The molecule has 0 saturated heterocycles. The topological polar surface area (TPSA) is 109 Å².